The largest absolute Gasteiger partial charge is 0.480 e. The monoisotopic (exact) mass is 277 g/mol. The third-order valence-electron chi connectivity index (χ3n) is 5.21. The summed E-state index contributed by atoms with van der Waals surface area (Å²) >= 11 is 0. The van der Waals surface area contributed by atoms with E-state index in [0.717, 1.165) is 32.1 Å². The van der Waals surface area contributed by atoms with Crippen molar-refractivity contribution < 1.29 is 14.7 Å². The van der Waals surface area contributed by atoms with Crippen molar-refractivity contribution in [1.82, 2.24) is 4.90 Å². The number of nitrogens with zero attached hydrogens (tertiary/aromatic N) is 1. The lowest BCUT2D eigenvalue weighted by molar-refractivity contribution is -0.150. The predicted molar refractivity (Wildman–Crippen MR) is 75.1 cm³/mol. The molecule has 0 aromatic rings. The second-order valence-electron chi connectivity index (χ2n) is 6.47. The highest BCUT2D eigenvalue weighted by Crippen LogP contribution is 2.40. The van der Waals surface area contributed by atoms with Crippen LogP contribution in [0, 0.1) is 11.8 Å². The van der Waals surface area contributed by atoms with E-state index in [1.807, 2.05) is 0 Å². The number of rotatable bonds is 3. The zero-order chi connectivity index (χ0) is 14.1. The highest BCUT2D eigenvalue weighted by atomic mass is 16.4. The Labute approximate surface area is 119 Å². The van der Waals surface area contributed by atoms with Crippen LogP contribution in [0.4, 0.5) is 0 Å². The Hall–Kier alpha value is -1.32. The van der Waals surface area contributed by atoms with E-state index in [-0.39, 0.29) is 11.9 Å². The molecule has 110 valence electrons. The fraction of sp³-hybridized carbons (Fsp3) is 0.750. The summed E-state index contributed by atoms with van der Waals surface area (Å²) in [6, 6.07) is -0.399. The van der Waals surface area contributed by atoms with Crippen molar-refractivity contribution in [3.05, 3.63) is 12.2 Å². The molecule has 3 aliphatic rings. The van der Waals surface area contributed by atoms with Crippen LogP contribution in [-0.4, -0.2) is 34.0 Å². The van der Waals surface area contributed by atoms with E-state index in [1.54, 1.807) is 4.90 Å². The van der Waals surface area contributed by atoms with E-state index in [2.05, 4.69) is 12.2 Å². The summed E-state index contributed by atoms with van der Waals surface area (Å²) in [5.41, 5.74) is 0. The molecular weight excluding hydrogens is 254 g/mol. The van der Waals surface area contributed by atoms with Gasteiger partial charge in [0.05, 0.1) is 0 Å². The van der Waals surface area contributed by atoms with E-state index in [9.17, 15) is 14.7 Å². The van der Waals surface area contributed by atoms with E-state index >= 15 is 0 Å². The van der Waals surface area contributed by atoms with Gasteiger partial charge in [-0.2, -0.15) is 0 Å². The van der Waals surface area contributed by atoms with Gasteiger partial charge in [-0.15, -0.1) is 0 Å². The molecule has 4 atom stereocenters. The molecule has 3 rings (SSSR count). The second-order valence-corrected chi connectivity index (χ2v) is 6.47. The standard InChI is InChI=1S/C16H23NO3/c18-15(9-11-5-1-2-6-11)17-13-8-4-3-7-12(13)10-14(17)16(19)20/h1,5,11-14H,2-4,6-10H2,(H,19,20)/t11-,12-,13-,14-/m0/s1. The number of hydrogen-bond acceptors (Lipinski definition) is 2. The maximum Gasteiger partial charge on any atom is 0.326 e. The van der Waals surface area contributed by atoms with Gasteiger partial charge in [0, 0.05) is 12.5 Å². The van der Waals surface area contributed by atoms with Crippen molar-refractivity contribution in [1.29, 1.82) is 0 Å². The summed E-state index contributed by atoms with van der Waals surface area (Å²) in [7, 11) is 0. The minimum absolute atomic E-state index is 0.0587. The Morgan fingerprint density at radius 1 is 1.20 bits per heavy atom. The number of allylic oxidation sites excluding steroid dienone is 2. The van der Waals surface area contributed by atoms with Gasteiger partial charge in [0.2, 0.25) is 5.91 Å². The fourth-order valence-electron chi connectivity index (χ4n) is 4.23. The highest BCUT2D eigenvalue weighted by Gasteiger charge is 2.47. The van der Waals surface area contributed by atoms with Gasteiger partial charge < -0.3 is 10.0 Å². The van der Waals surface area contributed by atoms with E-state index in [0.29, 0.717) is 24.7 Å². The topological polar surface area (TPSA) is 57.6 Å². The molecule has 4 heteroatoms. The summed E-state index contributed by atoms with van der Waals surface area (Å²) in [6.07, 6.45) is 11.8. The number of carbonyl (C=O) groups is 2. The first-order valence-electron chi connectivity index (χ1n) is 7.87. The average Bonchev–Trinajstić information content (AvgIpc) is 3.04. The van der Waals surface area contributed by atoms with Gasteiger partial charge in [-0.05, 0) is 43.9 Å². The van der Waals surface area contributed by atoms with Gasteiger partial charge in [-0.25, -0.2) is 4.79 Å². The van der Waals surface area contributed by atoms with Crippen LogP contribution in [0.3, 0.4) is 0 Å². The molecule has 1 aliphatic heterocycles. The van der Waals surface area contributed by atoms with Crippen LogP contribution in [0.25, 0.3) is 0 Å². The third-order valence-corrected chi connectivity index (χ3v) is 5.21. The van der Waals surface area contributed by atoms with Crippen LogP contribution in [0.2, 0.25) is 0 Å². The molecule has 0 unspecified atom stereocenters. The van der Waals surface area contributed by atoms with Gasteiger partial charge >= 0.3 is 5.97 Å². The van der Waals surface area contributed by atoms with E-state index in [1.165, 1.54) is 6.42 Å². The molecule has 0 aromatic heterocycles. The van der Waals surface area contributed by atoms with Crippen molar-refractivity contribution in [2.45, 2.75) is 63.5 Å². The zero-order valence-electron chi connectivity index (χ0n) is 11.8. The van der Waals surface area contributed by atoms with Crippen LogP contribution in [-0.2, 0) is 9.59 Å². The van der Waals surface area contributed by atoms with Crippen LogP contribution in [0.5, 0.6) is 0 Å². The van der Waals surface area contributed by atoms with Crippen LogP contribution in [0.1, 0.15) is 51.4 Å². The summed E-state index contributed by atoms with van der Waals surface area (Å²) in [4.78, 5) is 25.8. The first kappa shape index (κ1) is 13.7. The number of amides is 1. The Morgan fingerprint density at radius 3 is 2.70 bits per heavy atom. The van der Waals surface area contributed by atoms with Crippen molar-refractivity contribution in [3.63, 3.8) is 0 Å². The van der Waals surface area contributed by atoms with Gasteiger partial charge in [-0.3, -0.25) is 4.79 Å². The average molecular weight is 277 g/mol. The molecule has 0 spiro atoms. The molecule has 0 bridgehead atoms. The molecule has 0 aromatic carbocycles. The molecule has 0 radical (unpaired) electrons. The van der Waals surface area contributed by atoms with Gasteiger partial charge in [0.15, 0.2) is 0 Å². The molecule has 20 heavy (non-hydrogen) atoms. The lowest BCUT2D eigenvalue weighted by Gasteiger charge is -2.33. The number of hydrogen-bond donors (Lipinski definition) is 1. The summed E-state index contributed by atoms with van der Waals surface area (Å²) in [6.45, 7) is 0. The molecule has 1 heterocycles. The predicted octanol–water partition coefficient (Wildman–Crippen LogP) is 2.59. The van der Waals surface area contributed by atoms with Crippen molar-refractivity contribution in [2.75, 3.05) is 0 Å². The van der Waals surface area contributed by atoms with Gasteiger partial charge in [0.1, 0.15) is 6.04 Å². The number of aliphatic carboxylic acids is 1. The number of likely N-dealkylation sites (tertiary alicyclic amines) is 1. The Kier molecular flexibility index (Phi) is 3.81. The maximum atomic E-state index is 12.6. The summed E-state index contributed by atoms with van der Waals surface area (Å²) < 4.78 is 0. The van der Waals surface area contributed by atoms with Gasteiger partial charge in [-0.1, -0.05) is 25.0 Å². The minimum atomic E-state index is -0.824. The Balaban J connectivity index is 1.74. The van der Waals surface area contributed by atoms with Gasteiger partial charge in [0.25, 0.3) is 0 Å². The fourth-order valence-corrected chi connectivity index (χ4v) is 4.23. The third kappa shape index (κ3) is 2.48. The number of carboxylic acids is 1. The number of fused-ring (bicyclic) bond motifs is 1. The Bertz CT molecular complexity index is 431. The van der Waals surface area contributed by atoms with E-state index < -0.39 is 12.0 Å². The SMILES string of the molecule is O=C(O)[C@@H]1C[C@@H]2CCCC[C@@H]2N1C(=O)C[C@H]1C=CCC1. The zero-order valence-corrected chi connectivity index (χ0v) is 11.8. The number of carbonyl (C=O) groups excluding carboxylic acids is 1. The number of carboxylic acid groups (broad SMARTS) is 1. The Morgan fingerprint density at radius 2 is 2.00 bits per heavy atom. The molecule has 4 nitrogen and oxygen atoms in total. The van der Waals surface area contributed by atoms with Crippen molar-refractivity contribution in [2.24, 2.45) is 11.8 Å². The van der Waals surface area contributed by atoms with Crippen molar-refractivity contribution >= 4 is 11.9 Å². The normalized spacial score (nSPS) is 36.1. The molecule has 2 aliphatic carbocycles. The summed E-state index contributed by atoms with van der Waals surface area (Å²) in [5, 5.41) is 9.43. The first-order chi connectivity index (χ1) is 9.66. The van der Waals surface area contributed by atoms with Crippen LogP contribution < -0.4 is 0 Å². The minimum Gasteiger partial charge on any atom is -0.480 e. The molecular formula is C16H23NO3. The quantitative estimate of drug-likeness (QED) is 0.807. The summed E-state index contributed by atoms with van der Waals surface area (Å²) in [5.74, 6) is -0.0365. The molecule has 1 amide bonds. The van der Waals surface area contributed by atoms with E-state index in [4.69, 9.17) is 0 Å². The molecule has 1 N–H and O–H groups in total. The highest BCUT2D eigenvalue weighted by molar-refractivity contribution is 5.85. The molecule has 1 saturated carbocycles. The van der Waals surface area contributed by atoms with Crippen LogP contribution in [0.15, 0.2) is 12.2 Å². The van der Waals surface area contributed by atoms with Crippen molar-refractivity contribution in [3.8, 4) is 0 Å². The second kappa shape index (κ2) is 5.58. The molecule has 1 saturated heterocycles. The lowest BCUT2D eigenvalue weighted by Crippen LogP contribution is -2.46. The maximum absolute atomic E-state index is 12.6. The smallest absolute Gasteiger partial charge is 0.326 e. The molecule has 2 fully saturated rings. The first-order valence-corrected chi connectivity index (χ1v) is 7.87. The van der Waals surface area contributed by atoms with Crippen LogP contribution >= 0.6 is 0 Å². The lowest BCUT2D eigenvalue weighted by atomic mass is 9.84.